The number of ether oxygens (including phenoxy) is 1. The maximum absolute atomic E-state index is 6.89. The summed E-state index contributed by atoms with van der Waals surface area (Å²) < 4.78 is 6.89. The average Bonchev–Trinajstić information content (AvgIpc) is 2.79. The molecule has 3 heteroatoms. The van der Waals surface area contributed by atoms with E-state index in [4.69, 9.17) is 4.74 Å². The monoisotopic (exact) mass is 485 g/mol. The van der Waals surface area contributed by atoms with Crippen LogP contribution in [0.15, 0.2) is 36.4 Å². The maximum atomic E-state index is 6.89. The Bertz CT molecular complexity index is 844. The minimum Gasteiger partial charge on any atom is -1.00 e. The van der Waals surface area contributed by atoms with Gasteiger partial charge in [-0.05, 0) is 60.5 Å². The first-order valence-electron chi connectivity index (χ1n) is 13.5. The van der Waals surface area contributed by atoms with Crippen LogP contribution in [0.25, 0.3) is 0 Å². The van der Waals surface area contributed by atoms with E-state index in [0.29, 0.717) is 36.4 Å². The quantitative estimate of drug-likeness (QED) is 0.489. The van der Waals surface area contributed by atoms with Crippen LogP contribution in [0.1, 0.15) is 133 Å². The predicted molar refractivity (Wildman–Crippen MR) is 142 cm³/mol. The van der Waals surface area contributed by atoms with Gasteiger partial charge in [0.05, 0.1) is 6.04 Å². The molecule has 1 atom stereocenters. The molecule has 0 bridgehead atoms. The largest absolute Gasteiger partial charge is 1.00 e. The fourth-order valence-electron chi connectivity index (χ4n) is 5.57. The van der Waals surface area contributed by atoms with E-state index in [9.17, 15) is 0 Å². The van der Waals surface area contributed by atoms with E-state index in [2.05, 4.69) is 91.8 Å². The van der Waals surface area contributed by atoms with Crippen LogP contribution in [-0.2, 0) is 0 Å². The highest BCUT2D eigenvalue weighted by atomic mass is 35.5. The fourth-order valence-corrected chi connectivity index (χ4v) is 5.57. The normalized spacial score (nSPS) is 15.8. The summed E-state index contributed by atoms with van der Waals surface area (Å²) >= 11 is 0. The highest BCUT2D eigenvalue weighted by molar-refractivity contribution is 5.51. The van der Waals surface area contributed by atoms with E-state index < -0.39 is 0 Å². The molecule has 0 aliphatic heterocycles. The van der Waals surface area contributed by atoms with Gasteiger partial charge in [-0.25, -0.2) is 0 Å². The van der Waals surface area contributed by atoms with Crippen LogP contribution in [-0.4, -0.2) is 12.8 Å². The molecule has 1 aliphatic carbocycles. The molecule has 3 rings (SSSR count). The van der Waals surface area contributed by atoms with Crippen LogP contribution in [0, 0.1) is 0 Å². The van der Waals surface area contributed by atoms with Gasteiger partial charge in [-0.3, -0.25) is 4.90 Å². The van der Waals surface area contributed by atoms with Crippen LogP contribution in [0.5, 0.6) is 5.75 Å². The zero-order valence-electron chi connectivity index (χ0n) is 22.9. The van der Waals surface area contributed by atoms with E-state index >= 15 is 0 Å². The number of halogens is 1. The van der Waals surface area contributed by atoms with Crippen LogP contribution in [0.2, 0.25) is 0 Å². The Balaban J connectivity index is 0.00000408. The third kappa shape index (κ3) is 6.58. The first kappa shape index (κ1) is 28.7. The average molecular weight is 486 g/mol. The van der Waals surface area contributed by atoms with Gasteiger partial charge in [0.25, 0.3) is 0 Å². The number of nitrogens with one attached hydrogen (secondary N) is 1. The standard InChI is InChI=1S/C31H47NO.ClH/c1-21(2)26-16-12-17-27(22(3)4)30(26)32(25-14-10-9-11-15-25)20-33-31-28(23(5)6)18-13-19-29(31)24(7)8;/h12-13,16-19,21-25H,9-11,14-15,20H2,1-8H3;1H. The smallest absolute Gasteiger partial charge is 0.227 e. The summed E-state index contributed by atoms with van der Waals surface area (Å²) in [7, 11) is 0. The molecule has 0 aromatic heterocycles. The van der Waals surface area contributed by atoms with Gasteiger partial charge in [-0.15, -0.1) is 0 Å². The fraction of sp³-hybridized carbons (Fsp3) is 0.613. The van der Waals surface area contributed by atoms with Crippen molar-refractivity contribution in [2.45, 2.75) is 117 Å². The Labute approximate surface area is 215 Å². The Hall–Kier alpha value is -1.51. The lowest BCUT2D eigenvalue weighted by Crippen LogP contribution is -3.12. The summed E-state index contributed by atoms with van der Waals surface area (Å²) in [5.41, 5.74) is 7.18. The second-order valence-corrected chi connectivity index (χ2v) is 11.3. The van der Waals surface area contributed by atoms with E-state index in [1.807, 2.05) is 0 Å². The van der Waals surface area contributed by atoms with Crippen molar-refractivity contribution in [3.05, 3.63) is 58.7 Å². The molecule has 1 aliphatic rings. The summed E-state index contributed by atoms with van der Waals surface area (Å²) in [5.74, 6) is 3.04. The predicted octanol–water partition coefficient (Wildman–Crippen LogP) is 5.07. The molecule has 1 unspecified atom stereocenters. The lowest BCUT2D eigenvalue weighted by molar-refractivity contribution is -0.879. The Morgan fingerprint density at radius 1 is 0.676 bits per heavy atom. The molecule has 0 amide bonds. The number of benzene rings is 2. The minimum atomic E-state index is 0. The van der Waals surface area contributed by atoms with E-state index in [1.54, 1.807) is 4.90 Å². The minimum absolute atomic E-state index is 0. The van der Waals surface area contributed by atoms with Gasteiger partial charge in [-0.2, -0.15) is 0 Å². The van der Waals surface area contributed by atoms with Crippen LogP contribution in [0.3, 0.4) is 0 Å². The Kier molecular flexibility index (Phi) is 11.0. The molecular formula is C31H48ClNO. The molecule has 0 radical (unpaired) electrons. The molecule has 1 fully saturated rings. The zero-order valence-corrected chi connectivity index (χ0v) is 23.6. The van der Waals surface area contributed by atoms with Gasteiger partial charge in [0, 0.05) is 11.1 Å². The van der Waals surface area contributed by atoms with E-state index in [0.717, 1.165) is 5.75 Å². The van der Waals surface area contributed by atoms with Gasteiger partial charge in [0.1, 0.15) is 11.4 Å². The molecule has 0 spiro atoms. The number of hydrogen-bond acceptors (Lipinski definition) is 1. The topological polar surface area (TPSA) is 13.7 Å². The van der Waals surface area contributed by atoms with Crippen molar-refractivity contribution in [3.8, 4) is 5.75 Å². The summed E-state index contributed by atoms with van der Waals surface area (Å²) in [5, 5.41) is 0. The molecule has 190 valence electrons. The summed E-state index contributed by atoms with van der Waals surface area (Å²) in [6.07, 6.45) is 6.65. The number of rotatable bonds is 9. The highest BCUT2D eigenvalue weighted by Crippen LogP contribution is 2.35. The SMILES string of the molecule is CC(C)c1cccc(C(C)C)c1OC[NH+](c1c(C(C)C)cccc1C(C)C)C1CCCCC1.[Cl-]. The molecule has 2 aromatic carbocycles. The number of hydrogen-bond donors (Lipinski definition) is 1. The van der Waals surface area contributed by atoms with Crippen molar-refractivity contribution in [3.63, 3.8) is 0 Å². The van der Waals surface area contributed by atoms with Crippen molar-refractivity contribution in [1.29, 1.82) is 0 Å². The summed E-state index contributed by atoms with van der Waals surface area (Å²) in [6, 6.07) is 14.3. The lowest BCUT2D eigenvalue weighted by atomic mass is 9.88. The second kappa shape index (κ2) is 13.0. The maximum Gasteiger partial charge on any atom is 0.227 e. The number of quaternary nitrogens is 1. The summed E-state index contributed by atoms with van der Waals surface area (Å²) in [4.78, 5) is 1.55. The van der Waals surface area contributed by atoms with Gasteiger partial charge in [0.2, 0.25) is 6.73 Å². The lowest BCUT2D eigenvalue weighted by Gasteiger charge is -2.35. The van der Waals surface area contributed by atoms with E-state index in [1.165, 1.54) is 60.0 Å². The van der Waals surface area contributed by atoms with Crippen molar-refractivity contribution in [2.75, 3.05) is 6.73 Å². The third-order valence-corrected chi connectivity index (χ3v) is 7.48. The second-order valence-electron chi connectivity index (χ2n) is 11.3. The Morgan fingerprint density at radius 3 is 1.50 bits per heavy atom. The van der Waals surface area contributed by atoms with Crippen molar-refractivity contribution < 1.29 is 22.0 Å². The molecular weight excluding hydrogens is 438 g/mol. The first-order valence-corrected chi connectivity index (χ1v) is 13.5. The highest BCUT2D eigenvalue weighted by Gasteiger charge is 2.32. The third-order valence-electron chi connectivity index (χ3n) is 7.48. The van der Waals surface area contributed by atoms with Crippen LogP contribution >= 0.6 is 0 Å². The van der Waals surface area contributed by atoms with E-state index in [-0.39, 0.29) is 12.4 Å². The van der Waals surface area contributed by atoms with Crippen LogP contribution in [0.4, 0.5) is 5.69 Å². The van der Waals surface area contributed by atoms with Gasteiger partial charge in [0.15, 0.2) is 0 Å². The molecule has 0 saturated heterocycles. The molecule has 0 heterocycles. The van der Waals surface area contributed by atoms with Gasteiger partial charge >= 0.3 is 0 Å². The van der Waals surface area contributed by atoms with Crippen molar-refractivity contribution in [2.24, 2.45) is 0 Å². The molecule has 2 nitrogen and oxygen atoms in total. The van der Waals surface area contributed by atoms with Crippen molar-refractivity contribution >= 4 is 5.69 Å². The zero-order chi connectivity index (χ0) is 24.1. The molecule has 2 aromatic rings. The molecule has 1 N–H and O–H groups in total. The molecule has 34 heavy (non-hydrogen) atoms. The van der Waals surface area contributed by atoms with Gasteiger partial charge in [-0.1, -0.05) is 98.2 Å². The number of para-hydroxylation sites is 2. The Morgan fingerprint density at radius 2 is 1.09 bits per heavy atom. The van der Waals surface area contributed by atoms with Crippen LogP contribution < -0.4 is 22.0 Å². The summed E-state index contributed by atoms with van der Waals surface area (Å²) in [6.45, 7) is 19.2. The first-order chi connectivity index (χ1) is 15.7. The van der Waals surface area contributed by atoms with Gasteiger partial charge < -0.3 is 17.1 Å². The molecule has 1 saturated carbocycles. The van der Waals surface area contributed by atoms with Crippen molar-refractivity contribution in [1.82, 2.24) is 0 Å².